The predicted octanol–water partition coefficient (Wildman–Crippen LogP) is 5.56. The van der Waals surface area contributed by atoms with Crippen LogP contribution in [0.1, 0.15) is 57.4 Å². The molecule has 106 valence electrons. The second kappa shape index (κ2) is 6.47. The molecule has 1 aliphatic rings. The Kier molecular flexibility index (Phi) is 5.16. The summed E-state index contributed by atoms with van der Waals surface area (Å²) >= 11 is 12.3. The zero-order valence-corrected chi connectivity index (χ0v) is 13.0. The summed E-state index contributed by atoms with van der Waals surface area (Å²) in [6, 6.07) is 5.38. The number of hydrogen-bond acceptors (Lipinski definition) is 1. The van der Waals surface area contributed by atoms with Gasteiger partial charge in [0.25, 0.3) is 0 Å². The lowest BCUT2D eigenvalue weighted by atomic mass is 9.86. The molecule has 0 aliphatic heterocycles. The molecule has 0 amide bonds. The highest BCUT2D eigenvalue weighted by atomic mass is 35.5. The van der Waals surface area contributed by atoms with Crippen LogP contribution >= 0.6 is 23.2 Å². The van der Waals surface area contributed by atoms with Crippen LogP contribution in [-0.4, -0.2) is 5.11 Å². The van der Waals surface area contributed by atoms with Gasteiger partial charge in [0, 0.05) is 15.6 Å². The Morgan fingerprint density at radius 2 is 2.05 bits per heavy atom. The fourth-order valence-electron chi connectivity index (χ4n) is 3.22. The molecule has 0 aromatic heterocycles. The average Bonchev–Trinajstić information content (AvgIpc) is 2.56. The first kappa shape index (κ1) is 15.2. The van der Waals surface area contributed by atoms with Crippen LogP contribution < -0.4 is 0 Å². The van der Waals surface area contributed by atoms with Crippen LogP contribution in [0.15, 0.2) is 18.2 Å². The predicted molar refractivity (Wildman–Crippen MR) is 81.8 cm³/mol. The maximum Gasteiger partial charge on any atom is 0.0911 e. The Labute approximate surface area is 125 Å². The minimum Gasteiger partial charge on any atom is -0.385 e. The minimum atomic E-state index is -0.801. The Morgan fingerprint density at radius 3 is 2.79 bits per heavy atom. The maximum atomic E-state index is 11.0. The molecule has 0 bridgehead atoms. The van der Waals surface area contributed by atoms with E-state index in [1.807, 2.05) is 6.07 Å². The number of benzene rings is 1. The lowest BCUT2D eigenvalue weighted by Crippen LogP contribution is -2.25. The summed E-state index contributed by atoms with van der Waals surface area (Å²) in [4.78, 5) is 0. The van der Waals surface area contributed by atoms with Gasteiger partial charge in [-0.15, -0.1) is 0 Å². The van der Waals surface area contributed by atoms with E-state index in [0.717, 1.165) is 37.2 Å². The van der Waals surface area contributed by atoms with Gasteiger partial charge in [-0.05, 0) is 49.8 Å². The summed E-state index contributed by atoms with van der Waals surface area (Å²) in [5, 5.41) is 12.2. The van der Waals surface area contributed by atoms with Crippen LogP contribution in [0.3, 0.4) is 0 Å². The summed E-state index contributed by atoms with van der Waals surface area (Å²) in [7, 11) is 0. The van der Waals surface area contributed by atoms with Crippen LogP contribution in [0.25, 0.3) is 0 Å². The van der Waals surface area contributed by atoms with Crippen LogP contribution in [0.2, 0.25) is 10.0 Å². The standard InChI is InChI=1S/C16H22Cl2O/c1-2-4-12-5-3-9-16(19,10-8-12)14-11-13(17)6-7-15(14)18/h6-7,11-12,19H,2-5,8-10H2,1H3. The van der Waals surface area contributed by atoms with Crippen LogP contribution in [0.5, 0.6) is 0 Å². The Balaban J connectivity index is 2.20. The summed E-state index contributed by atoms with van der Waals surface area (Å²) in [6.07, 6.45) is 7.41. The van der Waals surface area contributed by atoms with Crippen LogP contribution in [-0.2, 0) is 5.60 Å². The normalized spacial score (nSPS) is 28.1. The molecule has 1 saturated carbocycles. The molecule has 19 heavy (non-hydrogen) atoms. The van der Waals surface area contributed by atoms with Gasteiger partial charge in [-0.2, -0.15) is 0 Å². The first-order chi connectivity index (χ1) is 9.05. The smallest absolute Gasteiger partial charge is 0.0911 e. The molecule has 2 atom stereocenters. The first-order valence-corrected chi connectivity index (χ1v) is 7.98. The summed E-state index contributed by atoms with van der Waals surface area (Å²) < 4.78 is 0. The lowest BCUT2D eigenvalue weighted by Gasteiger charge is -2.28. The number of rotatable bonds is 3. The van der Waals surface area contributed by atoms with Crippen LogP contribution in [0, 0.1) is 5.92 Å². The van der Waals surface area contributed by atoms with Crippen LogP contribution in [0.4, 0.5) is 0 Å². The molecule has 0 spiro atoms. The van der Waals surface area contributed by atoms with Crippen molar-refractivity contribution in [1.82, 2.24) is 0 Å². The third-order valence-electron chi connectivity index (χ3n) is 4.30. The average molecular weight is 301 g/mol. The largest absolute Gasteiger partial charge is 0.385 e. The van der Waals surface area contributed by atoms with Gasteiger partial charge in [-0.1, -0.05) is 49.4 Å². The molecular formula is C16H22Cl2O. The van der Waals surface area contributed by atoms with Gasteiger partial charge in [0.15, 0.2) is 0 Å². The SMILES string of the molecule is CCCC1CCCC(O)(c2cc(Cl)ccc2Cl)CC1. The van der Waals surface area contributed by atoms with E-state index in [2.05, 4.69) is 6.92 Å². The number of hydrogen-bond donors (Lipinski definition) is 1. The van der Waals surface area contributed by atoms with Crippen molar-refractivity contribution in [2.75, 3.05) is 0 Å². The molecule has 1 fully saturated rings. The van der Waals surface area contributed by atoms with E-state index in [1.54, 1.807) is 12.1 Å². The Bertz CT molecular complexity index is 433. The molecule has 1 aliphatic carbocycles. The molecule has 0 saturated heterocycles. The third-order valence-corrected chi connectivity index (χ3v) is 4.86. The lowest BCUT2D eigenvalue weighted by molar-refractivity contribution is 0.0196. The second-order valence-electron chi connectivity index (χ2n) is 5.74. The summed E-state index contributed by atoms with van der Waals surface area (Å²) in [5.41, 5.74) is 0.00334. The van der Waals surface area contributed by atoms with E-state index in [1.165, 1.54) is 19.3 Å². The fourth-order valence-corrected chi connectivity index (χ4v) is 3.68. The van der Waals surface area contributed by atoms with Gasteiger partial charge in [0.1, 0.15) is 0 Å². The van der Waals surface area contributed by atoms with Gasteiger partial charge in [0.2, 0.25) is 0 Å². The van der Waals surface area contributed by atoms with Crippen molar-refractivity contribution in [3.05, 3.63) is 33.8 Å². The van der Waals surface area contributed by atoms with Gasteiger partial charge in [0.05, 0.1) is 5.60 Å². The molecule has 1 N–H and O–H groups in total. The summed E-state index contributed by atoms with van der Waals surface area (Å²) in [5.74, 6) is 0.747. The summed E-state index contributed by atoms with van der Waals surface area (Å²) in [6.45, 7) is 2.23. The van der Waals surface area contributed by atoms with Crippen molar-refractivity contribution in [2.24, 2.45) is 5.92 Å². The molecule has 0 radical (unpaired) electrons. The van der Waals surface area contributed by atoms with Crippen molar-refractivity contribution >= 4 is 23.2 Å². The highest BCUT2D eigenvalue weighted by Crippen LogP contribution is 2.42. The quantitative estimate of drug-likeness (QED) is 0.724. The van der Waals surface area contributed by atoms with Gasteiger partial charge in [-0.3, -0.25) is 0 Å². The highest BCUT2D eigenvalue weighted by molar-refractivity contribution is 6.33. The first-order valence-electron chi connectivity index (χ1n) is 7.23. The second-order valence-corrected chi connectivity index (χ2v) is 6.58. The zero-order chi connectivity index (χ0) is 13.9. The number of aliphatic hydroxyl groups is 1. The molecular weight excluding hydrogens is 279 g/mol. The molecule has 2 rings (SSSR count). The van der Waals surface area contributed by atoms with E-state index in [-0.39, 0.29) is 0 Å². The molecule has 2 unspecified atom stereocenters. The minimum absolute atomic E-state index is 0.626. The van der Waals surface area contributed by atoms with Gasteiger partial charge >= 0.3 is 0 Å². The number of halogens is 2. The molecule has 0 heterocycles. The van der Waals surface area contributed by atoms with Gasteiger partial charge < -0.3 is 5.11 Å². The van der Waals surface area contributed by atoms with Crippen molar-refractivity contribution in [1.29, 1.82) is 0 Å². The van der Waals surface area contributed by atoms with E-state index in [4.69, 9.17) is 23.2 Å². The fraction of sp³-hybridized carbons (Fsp3) is 0.625. The molecule has 1 aromatic carbocycles. The highest BCUT2D eigenvalue weighted by Gasteiger charge is 2.34. The van der Waals surface area contributed by atoms with E-state index in [9.17, 15) is 5.11 Å². The third kappa shape index (κ3) is 3.65. The maximum absolute atomic E-state index is 11.0. The van der Waals surface area contributed by atoms with E-state index < -0.39 is 5.60 Å². The molecule has 1 nitrogen and oxygen atoms in total. The van der Waals surface area contributed by atoms with Crippen molar-refractivity contribution in [2.45, 2.75) is 57.5 Å². The van der Waals surface area contributed by atoms with Gasteiger partial charge in [-0.25, -0.2) is 0 Å². The zero-order valence-electron chi connectivity index (χ0n) is 11.5. The van der Waals surface area contributed by atoms with Crippen molar-refractivity contribution < 1.29 is 5.11 Å². The van der Waals surface area contributed by atoms with Crippen molar-refractivity contribution in [3.63, 3.8) is 0 Å². The van der Waals surface area contributed by atoms with Crippen molar-refractivity contribution in [3.8, 4) is 0 Å². The van der Waals surface area contributed by atoms with E-state index in [0.29, 0.717) is 10.0 Å². The molecule has 3 heteroatoms. The molecule has 1 aromatic rings. The Hall–Kier alpha value is -0.240. The monoisotopic (exact) mass is 300 g/mol. The van der Waals surface area contributed by atoms with E-state index >= 15 is 0 Å². The topological polar surface area (TPSA) is 20.2 Å². The Morgan fingerprint density at radius 1 is 1.26 bits per heavy atom.